The minimum atomic E-state index is 0.120. The van der Waals surface area contributed by atoms with E-state index >= 15 is 0 Å². The summed E-state index contributed by atoms with van der Waals surface area (Å²) in [6.45, 7) is 8.66. The van der Waals surface area contributed by atoms with Gasteiger partial charge in [-0.25, -0.2) is 10.1 Å². The highest BCUT2D eigenvalue weighted by Gasteiger charge is 1.95. The van der Waals surface area contributed by atoms with Crippen LogP contribution in [0.1, 0.15) is 11.1 Å². The molecule has 0 aliphatic carbocycles. The molecule has 0 bridgehead atoms. The van der Waals surface area contributed by atoms with Crippen LogP contribution in [0.25, 0.3) is 10.9 Å². The molecule has 0 aliphatic rings. The van der Waals surface area contributed by atoms with Gasteiger partial charge in [-0.1, -0.05) is 24.3 Å². The number of rotatable bonds is 1. The first kappa shape index (κ1) is 9.03. The van der Waals surface area contributed by atoms with Gasteiger partial charge in [-0.15, -0.1) is 0 Å². The minimum Gasteiger partial charge on any atom is -0.227 e. The fourth-order valence-electron chi connectivity index (χ4n) is 0.986. The normalized spacial score (nSPS) is 10.2. The maximum Gasteiger partial charge on any atom is 0.262 e. The zero-order valence-corrected chi connectivity index (χ0v) is 7.28. The van der Waals surface area contributed by atoms with Gasteiger partial charge in [0.2, 0.25) is 0 Å². The first-order valence-electron chi connectivity index (χ1n) is 3.83. The second-order valence-electron chi connectivity index (χ2n) is 2.61. The van der Waals surface area contributed by atoms with Gasteiger partial charge in [-0.2, -0.15) is 0 Å². The Morgan fingerprint density at radius 2 is 2.23 bits per heavy atom. The molecule has 0 fully saturated rings. The SMILES string of the molecule is [C-]#[N+]/C(C#N)=C/c1ccccc1C. The first-order valence-corrected chi connectivity index (χ1v) is 3.83. The van der Waals surface area contributed by atoms with Crippen molar-refractivity contribution in [3.63, 3.8) is 0 Å². The third-order valence-corrected chi connectivity index (χ3v) is 1.72. The van der Waals surface area contributed by atoms with Gasteiger partial charge in [0.05, 0.1) is 12.6 Å². The van der Waals surface area contributed by atoms with E-state index in [1.165, 1.54) is 0 Å². The Bertz CT molecular complexity index is 400. The van der Waals surface area contributed by atoms with Crippen molar-refractivity contribution in [2.45, 2.75) is 6.92 Å². The van der Waals surface area contributed by atoms with Gasteiger partial charge in [0.1, 0.15) is 0 Å². The van der Waals surface area contributed by atoms with Gasteiger partial charge in [-0.05, 0) is 24.1 Å². The molecule has 0 N–H and O–H groups in total. The number of nitriles is 1. The molecular formula is C11H8N2. The summed E-state index contributed by atoms with van der Waals surface area (Å²) in [5.41, 5.74) is 2.11. The number of allylic oxidation sites excluding steroid dienone is 1. The van der Waals surface area contributed by atoms with E-state index < -0.39 is 0 Å². The lowest BCUT2D eigenvalue weighted by molar-refractivity contribution is 1.43. The predicted molar refractivity (Wildman–Crippen MR) is 51.4 cm³/mol. The summed E-state index contributed by atoms with van der Waals surface area (Å²) in [5.74, 6) is 0. The monoisotopic (exact) mass is 168 g/mol. The van der Waals surface area contributed by atoms with E-state index in [1.807, 2.05) is 37.3 Å². The van der Waals surface area contributed by atoms with Crippen molar-refractivity contribution in [1.82, 2.24) is 0 Å². The number of hydrogen-bond donors (Lipinski definition) is 0. The van der Waals surface area contributed by atoms with Crippen LogP contribution in [0.15, 0.2) is 30.0 Å². The van der Waals surface area contributed by atoms with Crippen molar-refractivity contribution < 1.29 is 0 Å². The molecule has 0 saturated heterocycles. The maximum absolute atomic E-state index is 8.55. The fraction of sp³-hybridized carbons (Fsp3) is 0.0909. The van der Waals surface area contributed by atoms with Crippen LogP contribution < -0.4 is 0 Å². The molecule has 1 aromatic carbocycles. The Morgan fingerprint density at radius 3 is 2.77 bits per heavy atom. The standard InChI is InChI=1S/C11H8N2/c1-9-5-3-4-6-10(9)7-11(8-12)13-2/h3-7H,1H3/b11-7+. The van der Waals surface area contributed by atoms with E-state index in [4.69, 9.17) is 11.8 Å². The lowest BCUT2D eigenvalue weighted by atomic mass is 10.1. The van der Waals surface area contributed by atoms with Gasteiger partial charge < -0.3 is 0 Å². The Hall–Kier alpha value is -2.06. The van der Waals surface area contributed by atoms with E-state index in [1.54, 1.807) is 6.08 Å². The highest BCUT2D eigenvalue weighted by Crippen LogP contribution is 2.11. The van der Waals surface area contributed by atoms with Crippen molar-refractivity contribution in [3.8, 4) is 6.07 Å². The maximum atomic E-state index is 8.55. The topological polar surface area (TPSA) is 28.1 Å². The zero-order valence-electron chi connectivity index (χ0n) is 7.28. The molecule has 0 aromatic heterocycles. The number of hydrogen-bond acceptors (Lipinski definition) is 1. The first-order chi connectivity index (χ1) is 6.27. The highest BCUT2D eigenvalue weighted by atomic mass is 14.7. The molecule has 0 aliphatic heterocycles. The molecule has 0 radical (unpaired) electrons. The van der Waals surface area contributed by atoms with Gasteiger partial charge in [0.15, 0.2) is 0 Å². The quantitative estimate of drug-likeness (QED) is 0.468. The van der Waals surface area contributed by atoms with E-state index in [2.05, 4.69) is 4.85 Å². The second kappa shape index (κ2) is 4.09. The van der Waals surface area contributed by atoms with Gasteiger partial charge >= 0.3 is 0 Å². The summed E-state index contributed by atoms with van der Waals surface area (Å²) in [7, 11) is 0. The molecule has 0 unspecified atom stereocenters. The van der Waals surface area contributed by atoms with Gasteiger partial charge in [-0.3, -0.25) is 0 Å². The van der Waals surface area contributed by atoms with Crippen molar-refractivity contribution in [2.24, 2.45) is 0 Å². The Morgan fingerprint density at radius 1 is 1.54 bits per heavy atom. The van der Waals surface area contributed by atoms with Crippen LogP contribution in [0.3, 0.4) is 0 Å². The average Bonchev–Trinajstić information content (AvgIpc) is 2.17. The second-order valence-corrected chi connectivity index (χ2v) is 2.61. The lowest BCUT2D eigenvalue weighted by Gasteiger charge is -1.97. The molecule has 0 amide bonds. The molecule has 2 nitrogen and oxygen atoms in total. The molecule has 0 heterocycles. The Kier molecular flexibility index (Phi) is 2.84. The number of benzene rings is 1. The average molecular weight is 168 g/mol. The molecule has 13 heavy (non-hydrogen) atoms. The van der Waals surface area contributed by atoms with E-state index in [-0.39, 0.29) is 5.70 Å². The van der Waals surface area contributed by atoms with Crippen LogP contribution in [0.2, 0.25) is 0 Å². The predicted octanol–water partition coefficient (Wildman–Crippen LogP) is 2.78. The fourth-order valence-corrected chi connectivity index (χ4v) is 0.986. The highest BCUT2D eigenvalue weighted by molar-refractivity contribution is 5.61. The summed E-state index contributed by atoms with van der Waals surface area (Å²) >= 11 is 0. The summed E-state index contributed by atoms with van der Waals surface area (Å²) in [4.78, 5) is 3.09. The van der Waals surface area contributed by atoms with Crippen molar-refractivity contribution in [1.29, 1.82) is 5.26 Å². The van der Waals surface area contributed by atoms with E-state index in [9.17, 15) is 0 Å². The summed E-state index contributed by atoms with van der Waals surface area (Å²) in [6, 6.07) is 9.48. The van der Waals surface area contributed by atoms with E-state index in [0.717, 1.165) is 11.1 Å². The lowest BCUT2D eigenvalue weighted by Crippen LogP contribution is -1.79. The molecule has 0 atom stereocenters. The molecule has 0 saturated carbocycles. The van der Waals surface area contributed by atoms with Crippen LogP contribution in [0, 0.1) is 24.8 Å². The number of aryl methyl sites for hydroxylation is 1. The van der Waals surface area contributed by atoms with Crippen molar-refractivity contribution >= 4 is 6.08 Å². The molecule has 2 heteroatoms. The van der Waals surface area contributed by atoms with Crippen LogP contribution in [-0.2, 0) is 0 Å². The summed E-state index contributed by atoms with van der Waals surface area (Å²) in [6.07, 6.45) is 1.60. The third kappa shape index (κ3) is 2.18. The molecular weight excluding hydrogens is 160 g/mol. The number of nitrogens with zero attached hydrogens (tertiary/aromatic N) is 2. The van der Waals surface area contributed by atoms with Crippen LogP contribution in [0.4, 0.5) is 0 Å². The van der Waals surface area contributed by atoms with Crippen molar-refractivity contribution in [3.05, 3.63) is 52.5 Å². The Balaban J connectivity index is 3.14. The third-order valence-electron chi connectivity index (χ3n) is 1.72. The van der Waals surface area contributed by atoms with Crippen molar-refractivity contribution in [2.75, 3.05) is 0 Å². The largest absolute Gasteiger partial charge is 0.262 e. The Labute approximate surface area is 77.6 Å². The minimum absolute atomic E-state index is 0.120. The molecule has 62 valence electrons. The molecule has 1 aromatic rings. The summed E-state index contributed by atoms with van der Waals surface area (Å²) < 4.78 is 0. The summed E-state index contributed by atoms with van der Waals surface area (Å²) in [5, 5.41) is 8.55. The smallest absolute Gasteiger partial charge is 0.227 e. The van der Waals surface area contributed by atoms with Crippen LogP contribution in [0.5, 0.6) is 0 Å². The van der Waals surface area contributed by atoms with Gasteiger partial charge in [0.25, 0.3) is 5.70 Å². The van der Waals surface area contributed by atoms with E-state index in [0.29, 0.717) is 0 Å². The molecule has 1 rings (SSSR count). The zero-order chi connectivity index (χ0) is 9.68. The van der Waals surface area contributed by atoms with Gasteiger partial charge in [0, 0.05) is 0 Å². The van der Waals surface area contributed by atoms with Crippen LogP contribution >= 0.6 is 0 Å². The van der Waals surface area contributed by atoms with Crippen LogP contribution in [-0.4, -0.2) is 0 Å². The molecule has 0 spiro atoms.